The number of anilines is 1. The fourth-order valence-electron chi connectivity index (χ4n) is 3.24. The molecule has 0 spiro atoms. The molecule has 9 heteroatoms. The number of nitrogens with zero attached hydrogens (tertiary/aromatic N) is 3. The second-order valence-corrected chi connectivity index (χ2v) is 6.80. The number of aromatic nitrogens is 4. The number of methoxy groups -OCH3 is 1. The number of aryl methyl sites for hydroxylation is 1. The number of benzene rings is 1. The summed E-state index contributed by atoms with van der Waals surface area (Å²) < 4.78 is 12.0. The van der Waals surface area contributed by atoms with Gasteiger partial charge >= 0.3 is 0 Å². The van der Waals surface area contributed by atoms with Crippen LogP contribution in [0.3, 0.4) is 0 Å². The largest absolute Gasteiger partial charge is 0.497 e. The molecule has 0 aliphatic carbocycles. The standard InChI is InChI=1S/C22H21N5O4/c1-4-16-13(2)23-22(25-21(16)29)27-19(12-17(26-27)18-9-6-10-31-18)24-20(28)14-7-5-8-15(11-14)30-3/h5-12H,4H2,1-3H3,(H,24,28)(H,23,25,29). The number of carbonyl (C=O) groups excluding carboxylic acids is 1. The Morgan fingerprint density at radius 2 is 2.10 bits per heavy atom. The van der Waals surface area contributed by atoms with Gasteiger partial charge in [-0.05, 0) is 43.7 Å². The molecule has 1 amide bonds. The number of furan rings is 1. The van der Waals surface area contributed by atoms with Crippen LogP contribution in [0.25, 0.3) is 17.4 Å². The summed E-state index contributed by atoms with van der Waals surface area (Å²) in [6, 6.07) is 11.9. The lowest BCUT2D eigenvalue weighted by Crippen LogP contribution is -2.22. The summed E-state index contributed by atoms with van der Waals surface area (Å²) in [6.45, 7) is 3.66. The van der Waals surface area contributed by atoms with Crippen LogP contribution in [0.1, 0.15) is 28.5 Å². The van der Waals surface area contributed by atoms with Gasteiger partial charge in [-0.25, -0.2) is 4.98 Å². The van der Waals surface area contributed by atoms with E-state index in [1.54, 1.807) is 49.4 Å². The van der Waals surface area contributed by atoms with Crippen molar-refractivity contribution in [2.45, 2.75) is 20.3 Å². The molecule has 0 radical (unpaired) electrons. The summed E-state index contributed by atoms with van der Waals surface area (Å²) in [5.74, 6) is 1.23. The Balaban J connectivity index is 1.78. The van der Waals surface area contributed by atoms with Crippen LogP contribution < -0.4 is 15.6 Å². The first kappa shape index (κ1) is 20.1. The first-order chi connectivity index (χ1) is 15.0. The number of carbonyl (C=O) groups is 1. The van der Waals surface area contributed by atoms with Gasteiger partial charge in [-0.3, -0.25) is 14.6 Å². The van der Waals surface area contributed by atoms with Gasteiger partial charge in [0.2, 0.25) is 5.95 Å². The quantitative estimate of drug-likeness (QED) is 0.495. The number of hydrogen-bond donors (Lipinski definition) is 2. The van der Waals surface area contributed by atoms with E-state index in [4.69, 9.17) is 9.15 Å². The van der Waals surface area contributed by atoms with Gasteiger partial charge in [0.15, 0.2) is 5.76 Å². The van der Waals surface area contributed by atoms with Crippen LogP contribution in [0.15, 0.2) is 57.9 Å². The van der Waals surface area contributed by atoms with E-state index >= 15 is 0 Å². The van der Waals surface area contributed by atoms with E-state index in [-0.39, 0.29) is 17.4 Å². The van der Waals surface area contributed by atoms with E-state index in [1.165, 1.54) is 18.1 Å². The summed E-state index contributed by atoms with van der Waals surface area (Å²) in [5, 5.41) is 7.32. The van der Waals surface area contributed by atoms with Crippen molar-refractivity contribution in [1.82, 2.24) is 19.7 Å². The average molecular weight is 419 g/mol. The summed E-state index contributed by atoms with van der Waals surface area (Å²) >= 11 is 0. The molecule has 31 heavy (non-hydrogen) atoms. The maximum atomic E-state index is 12.9. The number of aromatic amines is 1. The first-order valence-electron chi connectivity index (χ1n) is 9.69. The van der Waals surface area contributed by atoms with E-state index in [2.05, 4.69) is 20.4 Å². The minimum absolute atomic E-state index is 0.193. The number of rotatable bonds is 6. The Bertz CT molecular complexity index is 1290. The fourth-order valence-corrected chi connectivity index (χ4v) is 3.24. The summed E-state index contributed by atoms with van der Waals surface area (Å²) in [6.07, 6.45) is 2.09. The zero-order valence-corrected chi connectivity index (χ0v) is 17.3. The van der Waals surface area contributed by atoms with Gasteiger partial charge in [0.25, 0.3) is 11.5 Å². The molecule has 4 rings (SSSR count). The molecule has 158 valence electrons. The van der Waals surface area contributed by atoms with Gasteiger partial charge in [0, 0.05) is 22.9 Å². The molecule has 0 bridgehead atoms. The fraction of sp³-hybridized carbons (Fsp3) is 0.182. The van der Waals surface area contributed by atoms with Crippen molar-refractivity contribution in [3.05, 3.63) is 75.9 Å². The average Bonchev–Trinajstić information content (AvgIpc) is 3.43. The van der Waals surface area contributed by atoms with Crippen LogP contribution in [0.5, 0.6) is 5.75 Å². The molecule has 9 nitrogen and oxygen atoms in total. The molecule has 3 aromatic heterocycles. The minimum Gasteiger partial charge on any atom is -0.497 e. The van der Waals surface area contributed by atoms with Crippen molar-refractivity contribution in [3.8, 4) is 23.2 Å². The van der Waals surface area contributed by atoms with Crippen molar-refractivity contribution < 1.29 is 13.9 Å². The number of H-pyrrole nitrogens is 1. The van der Waals surface area contributed by atoms with Gasteiger partial charge in [0.1, 0.15) is 17.3 Å². The number of nitrogens with one attached hydrogen (secondary N) is 2. The van der Waals surface area contributed by atoms with E-state index in [0.29, 0.717) is 46.3 Å². The Morgan fingerprint density at radius 1 is 1.26 bits per heavy atom. The van der Waals surface area contributed by atoms with Crippen molar-refractivity contribution in [2.75, 3.05) is 12.4 Å². The molecule has 0 atom stereocenters. The molecule has 1 aromatic carbocycles. The third-order valence-electron chi connectivity index (χ3n) is 4.82. The SMILES string of the molecule is CCc1c(C)nc(-n2nc(-c3ccco3)cc2NC(=O)c2cccc(OC)c2)[nH]c1=O. The third kappa shape index (κ3) is 3.97. The minimum atomic E-state index is -0.365. The van der Waals surface area contributed by atoms with E-state index < -0.39 is 0 Å². The molecule has 0 saturated heterocycles. The molecule has 3 heterocycles. The Hall–Kier alpha value is -4.14. The predicted molar refractivity (Wildman–Crippen MR) is 115 cm³/mol. The van der Waals surface area contributed by atoms with Crippen LogP contribution in [-0.4, -0.2) is 32.8 Å². The summed E-state index contributed by atoms with van der Waals surface area (Å²) in [7, 11) is 1.53. The van der Waals surface area contributed by atoms with Crippen LogP contribution in [-0.2, 0) is 6.42 Å². The molecule has 0 aliphatic heterocycles. The van der Waals surface area contributed by atoms with Crippen molar-refractivity contribution in [3.63, 3.8) is 0 Å². The number of ether oxygens (including phenoxy) is 1. The van der Waals surface area contributed by atoms with Gasteiger partial charge in [-0.1, -0.05) is 13.0 Å². The second kappa shape index (κ2) is 8.31. The lowest BCUT2D eigenvalue weighted by Gasteiger charge is -2.10. The monoisotopic (exact) mass is 419 g/mol. The third-order valence-corrected chi connectivity index (χ3v) is 4.82. The lowest BCUT2D eigenvalue weighted by molar-refractivity contribution is 0.102. The normalized spacial score (nSPS) is 10.8. The highest BCUT2D eigenvalue weighted by molar-refractivity contribution is 6.04. The van der Waals surface area contributed by atoms with Crippen LogP contribution >= 0.6 is 0 Å². The zero-order valence-electron chi connectivity index (χ0n) is 17.3. The van der Waals surface area contributed by atoms with Crippen LogP contribution in [0.2, 0.25) is 0 Å². The Morgan fingerprint density at radius 3 is 2.77 bits per heavy atom. The zero-order chi connectivity index (χ0) is 22.0. The van der Waals surface area contributed by atoms with Gasteiger partial charge in [0.05, 0.1) is 13.4 Å². The van der Waals surface area contributed by atoms with Crippen LogP contribution in [0, 0.1) is 6.92 Å². The Labute approximate surface area is 177 Å². The van der Waals surface area contributed by atoms with Crippen LogP contribution in [0.4, 0.5) is 5.82 Å². The van der Waals surface area contributed by atoms with Gasteiger partial charge < -0.3 is 14.5 Å². The van der Waals surface area contributed by atoms with Crippen molar-refractivity contribution >= 4 is 11.7 Å². The van der Waals surface area contributed by atoms with E-state index in [9.17, 15) is 9.59 Å². The molecule has 0 aliphatic rings. The molecular weight excluding hydrogens is 398 g/mol. The van der Waals surface area contributed by atoms with Crippen molar-refractivity contribution in [1.29, 1.82) is 0 Å². The highest BCUT2D eigenvalue weighted by Gasteiger charge is 2.19. The first-order valence-corrected chi connectivity index (χ1v) is 9.69. The number of amides is 1. The van der Waals surface area contributed by atoms with Gasteiger partial charge in [-0.2, -0.15) is 9.78 Å². The lowest BCUT2D eigenvalue weighted by atomic mass is 10.2. The number of hydrogen-bond acceptors (Lipinski definition) is 6. The Kier molecular flexibility index (Phi) is 5.40. The maximum absolute atomic E-state index is 12.9. The molecular formula is C22H21N5O4. The molecule has 4 aromatic rings. The van der Waals surface area contributed by atoms with Crippen molar-refractivity contribution in [2.24, 2.45) is 0 Å². The van der Waals surface area contributed by atoms with E-state index in [0.717, 1.165) is 0 Å². The molecule has 2 N–H and O–H groups in total. The molecule has 0 saturated carbocycles. The topological polar surface area (TPSA) is 115 Å². The second-order valence-electron chi connectivity index (χ2n) is 6.80. The summed E-state index contributed by atoms with van der Waals surface area (Å²) in [5.41, 5.74) is 1.84. The highest BCUT2D eigenvalue weighted by atomic mass is 16.5. The predicted octanol–water partition coefficient (Wildman–Crippen LogP) is 3.35. The highest BCUT2D eigenvalue weighted by Crippen LogP contribution is 2.25. The smallest absolute Gasteiger partial charge is 0.256 e. The molecule has 0 unspecified atom stereocenters. The maximum Gasteiger partial charge on any atom is 0.256 e. The van der Waals surface area contributed by atoms with E-state index in [1.807, 2.05) is 6.92 Å². The molecule has 0 fully saturated rings. The van der Waals surface area contributed by atoms with Gasteiger partial charge in [-0.15, -0.1) is 0 Å². The summed E-state index contributed by atoms with van der Waals surface area (Å²) in [4.78, 5) is 32.6.